The average molecular weight is 549 g/mol. The SMILES string of the molecule is C=CC(=O)N1CC2(CC(c3nc(-c4ccc(CN5CCOCC5)cc4)c(-c4cc(O)cc5ccccc45)n3C)C2)C1. The molecule has 4 aromatic rings. The van der Waals surface area contributed by atoms with Gasteiger partial charge >= 0.3 is 0 Å². The van der Waals surface area contributed by atoms with Crippen LogP contribution in [0.3, 0.4) is 0 Å². The van der Waals surface area contributed by atoms with Gasteiger partial charge in [-0.2, -0.15) is 0 Å². The Bertz CT molecular complexity index is 1620. The van der Waals surface area contributed by atoms with E-state index in [1.54, 1.807) is 0 Å². The van der Waals surface area contributed by atoms with Crippen molar-refractivity contribution in [1.82, 2.24) is 19.4 Å². The van der Waals surface area contributed by atoms with Gasteiger partial charge in [0.2, 0.25) is 5.91 Å². The van der Waals surface area contributed by atoms with E-state index in [9.17, 15) is 9.90 Å². The van der Waals surface area contributed by atoms with Crippen molar-refractivity contribution in [2.24, 2.45) is 12.5 Å². The fraction of sp³-hybridized carbons (Fsp3) is 0.353. The summed E-state index contributed by atoms with van der Waals surface area (Å²) in [6.07, 6.45) is 3.46. The molecule has 0 unspecified atom stereocenters. The van der Waals surface area contributed by atoms with Gasteiger partial charge in [-0.3, -0.25) is 9.69 Å². The first-order valence-corrected chi connectivity index (χ1v) is 14.5. The van der Waals surface area contributed by atoms with Crippen LogP contribution in [0.2, 0.25) is 0 Å². The molecule has 210 valence electrons. The Morgan fingerprint density at radius 3 is 2.56 bits per heavy atom. The second-order valence-corrected chi connectivity index (χ2v) is 12.0. The van der Waals surface area contributed by atoms with E-state index in [1.165, 1.54) is 11.6 Å². The molecule has 41 heavy (non-hydrogen) atoms. The van der Waals surface area contributed by atoms with E-state index in [1.807, 2.05) is 35.2 Å². The molecule has 1 spiro atoms. The molecule has 3 aromatic carbocycles. The van der Waals surface area contributed by atoms with Crippen molar-refractivity contribution in [3.63, 3.8) is 0 Å². The summed E-state index contributed by atoms with van der Waals surface area (Å²) in [7, 11) is 2.10. The maximum Gasteiger partial charge on any atom is 0.245 e. The van der Waals surface area contributed by atoms with Gasteiger partial charge < -0.3 is 19.3 Å². The number of phenolic OH excluding ortho intramolecular Hbond substituents is 1. The van der Waals surface area contributed by atoms with Gasteiger partial charge in [-0.25, -0.2) is 4.98 Å². The van der Waals surface area contributed by atoms with Crippen LogP contribution in [0, 0.1) is 5.41 Å². The normalized spacial score (nSPS) is 18.8. The third-order valence-electron chi connectivity index (χ3n) is 9.23. The van der Waals surface area contributed by atoms with Crippen LogP contribution in [0.5, 0.6) is 5.75 Å². The number of fused-ring (bicyclic) bond motifs is 1. The smallest absolute Gasteiger partial charge is 0.245 e. The second kappa shape index (κ2) is 10.2. The number of likely N-dealkylation sites (tertiary alicyclic amines) is 1. The predicted octanol–water partition coefficient (Wildman–Crippen LogP) is 5.34. The summed E-state index contributed by atoms with van der Waals surface area (Å²) in [6.45, 7) is 9.66. The average Bonchev–Trinajstić information content (AvgIpc) is 3.28. The molecule has 1 aliphatic carbocycles. The zero-order valence-corrected chi connectivity index (χ0v) is 23.6. The number of aromatic hydroxyl groups is 1. The van der Waals surface area contributed by atoms with Gasteiger partial charge in [0.25, 0.3) is 0 Å². The largest absolute Gasteiger partial charge is 0.508 e. The Balaban J connectivity index is 1.25. The van der Waals surface area contributed by atoms with Crippen molar-refractivity contribution >= 4 is 16.7 Å². The Morgan fingerprint density at radius 1 is 1.10 bits per heavy atom. The Hall–Kier alpha value is -3.94. The number of phenols is 1. The maximum atomic E-state index is 12.0. The molecular formula is C34H36N4O3. The lowest BCUT2D eigenvalue weighted by molar-refractivity contribution is -0.146. The lowest BCUT2D eigenvalue weighted by Crippen LogP contribution is -2.63. The molecule has 0 atom stereocenters. The Morgan fingerprint density at radius 2 is 1.83 bits per heavy atom. The van der Waals surface area contributed by atoms with Gasteiger partial charge in [-0.15, -0.1) is 0 Å². The summed E-state index contributed by atoms with van der Waals surface area (Å²) in [6, 6.07) is 20.7. The van der Waals surface area contributed by atoms with Gasteiger partial charge in [0.1, 0.15) is 11.6 Å². The van der Waals surface area contributed by atoms with Crippen molar-refractivity contribution in [3.05, 3.63) is 84.7 Å². The van der Waals surface area contributed by atoms with Crippen LogP contribution < -0.4 is 0 Å². The number of nitrogens with zero attached hydrogens (tertiary/aromatic N) is 4. The number of hydrogen-bond acceptors (Lipinski definition) is 5. The number of carbonyl (C=O) groups is 1. The van der Waals surface area contributed by atoms with E-state index < -0.39 is 0 Å². The lowest BCUT2D eigenvalue weighted by atomic mass is 9.57. The highest BCUT2D eigenvalue weighted by atomic mass is 16.5. The third kappa shape index (κ3) is 4.63. The highest BCUT2D eigenvalue weighted by molar-refractivity contribution is 6.00. The van der Waals surface area contributed by atoms with Crippen LogP contribution >= 0.6 is 0 Å². The molecule has 1 aromatic heterocycles. The van der Waals surface area contributed by atoms with Gasteiger partial charge in [0.05, 0.1) is 24.6 Å². The molecule has 0 radical (unpaired) electrons. The van der Waals surface area contributed by atoms with E-state index in [2.05, 4.69) is 53.4 Å². The highest BCUT2D eigenvalue weighted by Gasteiger charge is 2.54. The number of amides is 1. The standard InChI is InChI=1S/C34H36N4O3/c1-3-30(40)38-21-34(22-38)18-26(19-34)33-35-31(24-10-8-23(9-11-24)20-37-12-14-41-15-13-37)32(36(33)2)29-17-27(39)16-25-6-4-5-7-28(25)29/h3-11,16-17,26,39H,1,12-15,18-22H2,2H3. The van der Waals surface area contributed by atoms with Crippen molar-refractivity contribution in [2.45, 2.75) is 25.3 Å². The number of benzene rings is 3. The van der Waals surface area contributed by atoms with Crippen LogP contribution in [0.1, 0.15) is 30.1 Å². The topological polar surface area (TPSA) is 70.8 Å². The van der Waals surface area contributed by atoms with Crippen LogP contribution in [0.25, 0.3) is 33.3 Å². The molecule has 7 nitrogen and oxygen atoms in total. The third-order valence-corrected chi connectivity index (χ3v) is 9.23. The number of rotatable bonds is 6. The first-order valence-electron chi connectivity index (χ1n) is 14.5. The van der Waals surface area contributed by atoms with Crippen molar-refractivity contribution in [2.75, 3.05) is 39.4 Å². The molecule has 3 fully saturated rings. The quantitative estimate of drug-likeness (QED) is 0.330. The van der Waals surface area contributed by atoms with E-state index >= 15 is 0 Å². The minimum Gasteiger partial charge on any atom is -0.508 e. The van der Waals surface area contributed by atoms with Crippen LogP contribution in [-0.2, 0) is 23.1 Å². The number of carbonyl (C=O) groups excluding carboxylic acids is 1. The van der Waals surface area contributed by atoms with E-state index in [4.69, 9.17) is 9.72 Å². The molecule has 1 amide bonds. The molecule has 7 heteroatoms. The number of aromatic nitrogens is 2. The first kappa shape index (κ1) is 26.0. The molecular weight excluding hydrogens is 512 g/mol. The molecule has 7 rings (SSSR count). The van der Waals surface area contributed by atoms with Gasteiger partial charge in [0.15, 0.2) is 0 Å². The van der Waals surface area contributed by atoms with Crippen molar-refractivity contribution in [3.8, 4) is 28.3 Å². The van der Waals surface area contributed by atoms with E-state index in [-0.39, 0.29) is 17.1 Å². The second-order valence-electron chi connectivity index (χ2n) is 12.0. The van der Waals surface area contributed by atoms with Crippen LogP contribution in [-0.4, -0.2) is 69.8 Å². The zero-order valence-electron chi connectivity index (χ0n) is 23.6. The predicted molar refractivity (Wildman–Crippen MR) is 161 cm³/mol. The maximum absolute atomic E-state index is 12.0. The molecule has 2 aliphatic heterocycles. The number of ether oxygens (including phenoxy) is 1. The lowest BCUT2D eigenvalue weighted by Gasteiger charge is -2.58. The molecule has 2 saturated heterocycles. The van der Waals surface area contributed by atoms with Crippen molar-refractivity contribution in [1.29, 1.82) is 0 Å². The summed E-state index contributed by atoms with van der Waals surface area (Å²) in [5, 5.41) is 12.8. The summed E-state index contributed by atoms with van der Waals surface area (Å²) in [4.78, 5) is 21.6. The first-order chi connectivity index (χ1) is 19.9. The fourth-order valence-corrected chi connectivity index (χ4v) is 7.14. The molecule has 1 N–H and O–H groups in total. The number of hydrogen-bond donors (Lipinski definition) is 1. The van der Waals surface area contributed by atoms with Crippen LogP contribution in [0.4, 0.5) is 0 Å². The molecule has 1 saturated carbocycles. The summed E-state index contributed by atoms with van der Waals surface area (Å²) in [5.74, 6) is 1.67. The molecule has 3 aliphatic rings. The highest BCUT2D eigenvalue weighted by Crippen LogP contribution is 2.56. The summed E-state index contributed by atoms with van der Waals surface area (Å²) < 4.78 is 7.75. The van der Waals surface area contributed by atoms with Gasteiger partial charge in [-0.05, 0) is 47.4 Å². The zero-order chi connectivity index (χ0) is 28.1. The van der Waals surface area contributed by atoms with Gasteiger partial charge in [0, 0.05) is 62.2 Å². The number of morpholine rings is 1. The van der Waals surface area contributed by atoms with E-state index in [0.29, 0.717) is 5.92 Å². The minimum atomic E-state index is 0.0217. The Labute approximate surface area is 240 Å². The van der Waals surface area contributed by atoms with Gasteiger partial charge in [-0.1, -0.05) is 55.1 Å². The van der Waals surface area contributed by atoms with Crippen molar-refractivity contribution < 1.29 is 14.6 Å². The summed E-state index contributed by atoms with van der Waals surface area (Å²) in [5.41, 5.74) is 5.49. The monoisotopic (exact) mass is 548 g/mol. The molecule has 3 heterocycles. The van der Waals surface area contributed by atoms with Crippen LogP contribution in [0.15, 0.2) is 73.3 Å². The summed E-state index contributed by atoms with van der Waals surface area (Å²) >= 11 is 0. The van der Waals surface area contributed by atoms with E-state index in [0.717, 1.165) is 97.9 Å². The Kier molecular flexibility index (Phi) is 6.44. The number of imidazole rings is 1. The molecule has 0 bridgehead atoms. The fourth-order valence-electron chi connectivity index (χ4n) is 7.14. The minimum absolute atomic E-state index is 0.0217.